The van der Waals surface area contributed by atoms with Gasteiger partial charge in [0.25, 0.3) is 0 Å². The maximum atomic E-state index is 10.7. The zero-order valence-electron chi connectivity index (χ0n) is 13.2. The van der Waals surface area contributed by atoms with E-state index in [9.17, 15) is 35.7 Å². The normalized spacial score (nSPS) is 48.0. The molecule has 2 fully saturated rings. The molecule has 2 aliphatic heterocycles. The van der Waals surface area contributed by atoms with E-state index in [4.69, 9.17) is 13.9 Å². The molecule has 3 rings (SSSR count). The summed E-state index contributed by atoms with van der Waals surface area (Å²) in [5.41, 5.74) is -4.04. The molecule has 7 N–H and O–H groups in total. The maximum absolute atomic E-state index is 10.7. The summed E-state index contributed by atoms with van der Waals surface area (Å²) in [4.78, 5) is 0. The second-order valence-corrected chi connectivity index (χ2v) is 6.47. The molecule has 1 aromatic rings. The molecule has 3 heterocycles. The van der Waals surface area contributed by atoms with Crippen LogP contribution in [0.2, 0.25) is 0 Å². The van der Waals surface area contributed by atoms with E-state index in [-0.39, 0.29) is 5.76 Å². The Labute approximate surface area is 142 Å². The Kier molecular flexibility index (Phi) is 4.92. The van der Waals surface area contributed by atoms with Crippen molar-refractivity contribution in [2.75, 3.05) is 19.8 Å². The lowest BCUT2D eigenvalue weighted by Crippen LogP contribution is -2.69. The quantitative estimate of drug-likeness (QED) is 0.284. The summed E-state index contributed by atoms with van der Waals surface area (Å²) >= 11 is 0. The maximum Gasteiger partial charge on any atom is 0.183 e. The molecule has 8 atom stereocenters. The van der Waals surface area contributed by atoms with Gasteiger partial charge in [0.2, 0.25) is 0 Å². The minimum Gasteiger partial charge on any atom is -0.466 e. The van der Waals surface area contributed by atoms with Crippen LogP contribution in [0.15, 0.2) is 22.8 Å². The third-order valence-corrected chi connectivity index (χ3v) is 4.97. The third-order valence-electron chi connectivity index (χ3n) is 4.97. The van der Waals surface area contributed by atoms with E-state index in [1.54, 1.807) is 0 Å². The minimum absolute atomic E-state index is 0.0457. The molecule has 10 nitrogen and oxygen atoms in total. The molecule has 25 heavy (non-hydrogen) atoms. The first-order valence-electron chi connectivity index (χ1n) is 7.81. The van der Waals surface area contributed by atoms with Crippen LogP contribution in [-0.4, -0.2) is 97.8 Å². The van der Waals surface area contributed by atoms with Gasteiger partial charge in [-0.3, -0.25) is 0 Å². The first-order chi connectivity index (χ1) is 11.8. The van der Waals surface area contributed by atoms with Crippen molar-refractivity contribution in [3.63, 3.8) is 0 Å². The van der Waals surface area contributed by atoms with Crippen molar-refractivity contribution >= 4 is 0 Å². The van der Waals surface area contributed by atoms with Crippen molar-refractivity contribution in [1.82, 2.24) is 0 Å². The molecule has 1 aromatic heterocycles. The van der Waals surface area contributed by atoms with Crippen LogP contribution in [0.4, 0.5) is 0 Å². The van der Waals surface area contributed by atoms with E-state index in [1.807, 2.05) is 0 Å². The SMILES string of the molecule is OC[C@@H]1O[C@](c2ccco2)(C2OCC(O)(CO)[C@H]2O)[C@@H](O)[C@H](O)[C@H]1O. The Morgan fingerprint density at radius 3 is 2.32 bits per heavy atom. The average Bonchev–Trinajstić information content (AvgIpc) is 3.25. The van der Waals surface area contributed by atoms with E-state index in [2.05, 4.69) is 0 Å². The lowest BCUT2D eigenvalue weighted by molar-refractivity contribution is -0.318. The summed E-state index contributed by atoms with van der Waals surface area (Å²) in [6.45, 7) is -1.97. The van der Waals surface area contributed by atoms with Gasteiger partial charge in [-0.15, -0.1) is 0 Å². The van der Waals surface area contributed by atoms with Crippen molar-refractivity contribution in [3.8, 4) is 0 Å². The second-order valence-electron chi connectivity index (χ2n) is 6.47. The number of aliphatic hydroxyl groups excluding tert-OH is 6. The molecule has 0 bridgehead atoms. The summed E-state index contributed by atoms with van der Waals surface area (Å²) in [7, 11) is 0. The number of ether oxygens (including phenoxy) is 2. The van der Waals surface area contributed by atoms with Crippen LogP contribution in [0, 0.1) is 0 Å². The molecular formula is C15H22O10. The van der Waals surface area contributed by atoms with Gasteiger partial charge >= 0.3 is 0 Å². The third kappa shape index (κ3) is 2.62. The summed E-state index contributed by atoms with van der Waals surface area (Å²) in [6, 6.07) is 2.87. The molecule has 0 amide bonds. The summed E-state index contributed by atoms with van der Waals surface area (Å²) in [6.07, 6.45) is -8.40. The largest absolute Gasteiger partial charge is 0.466 e. The van der Waals surface area contributed by atoms with Crippen molar-refractivity contribution in [1.29, 1.82) is 0 Å². The molecule has 0 spiro atoms. The number of furan rings is 1. The summed E-state index contributed by atoms with van der Waals surface area (Å²) in [5, 5.41) is 70.4. The van der Waals surface area contributed by atoms with Gasteiger partial charge in [-0.2, -0.15) is 0 Å². The van der Waals surface area contributed by atoms with E-state index in [1.165, 1.54) is 18.4 Å². The van der Waals surface area contributed by atoms with E-state index >= 15 is 0 Å². The predicted octanol–water partition coefficient (Wildman–Crippen LogP) is -3.57. The first kappa shape index (κ1) is 18.7. The second kappa shape index (κ2) is 6.58. The fraction of sp³-hybridized carbons (Fsp3) is 0.733. The zero-order chi connectivity index (χ0) is 18.4. The average molecular weight is 362 g/mol. The highest BCUT2D eigenvalue weighted by molar-refractivity contribution is 5.23. The van der Waals surface area contributed by atoms with Gasteiger partial charge in [0.1, 0.15) is 48.0 Å². The van der Waals surface area contributed by atoms with E-state index < -0.39 is 67.6 Å². The molecule has 2 unspecified atom stereocenters. The fourth-order valence-corrected chi connectivity index (χ4v) is 3.47. The molecule has 0 aliphatic carbocycles. The van der Waals surface area contributed by atoms with Crippen LogP contribution in [0.5, 0.6) is 0 Å². The molecule has 142 valence electrons. The zero-order valence-corrected chi connectivity index (χ0v) is 13.2. The highest BCUT2D eigenvalue weighted by Gasteiger charge is 2.66. The minimum atomic E-state index is -2.03. The number of hydrogen-bond acceptors (Lipinski definition) is 10. The van der Waals surface area contributed by atoms with Crippen LogP contribution < -0.4 is 0 Å². The Bertz CT molecular complexity index is 577. The monoisotopic (exact) mass is 362 g/mol. The molecular weight excluding hydrogens is 340 g/mol. The lowest BCUT2D eigenvalue weighted by Gasteiger charge is -2.50. The molecule has 0 saturated carbocycles. The molecule has 0 radical (unpaired) electrons. The Morgan fingerprint density at radius 2 is 1.80 bits per heavy atom. The molecule has 2 aliphatic rings. The van der Waals surface area contributed by atoms with Crippen molar-refractivity contribution in [3.05, 3.63) is 24.2 Å². The molecule has 2 saturated heterocycles. The Hall–Kier alpha value is -1.08. The molecule has 10 heteroatoms. The number of rotatable bonds is 4. The van der Waals surface area contributed by atoms with Crippen LogP contribution in [-0.2, 0) is 15.1 Å². The van der Waals surface area contributed by atoms with Gasteiger partial charge in [0.05, 0.1) is 26.1 Å². The van der Waals surface area contributed by atoms with Crippen molar-refractivity contribution in [2.24, 2.45) is 0 Å². The van der Waals surface area contributed by atoms with Crippen LogP contribution in [0.25, 0.3) is 0 Å². The van der Waals surface area contributed by atoms with E-state index in [0.29, 0.717) is 0 Å². The first-order valence-corrected chi connectivity index (χ1v) is 7.81. The standard InChI is InChI=1S/C15H22O10/c16-4-7-9(18)10(19)11(20)15(25-7,8-2-1-3-23-8)13-12(21)14(22,5-17)6-24-13/h1-3,7,9-13,16-22H,4-6H2/t7-,9-,10+,11-,12-,13?,14?,15-/m0/s1. The summed E-state index contributed by atoms with van der Waals surface area (Å²) in [5.74, 6) is -0.0457. The predicted molar refractivity (Wildman–Crippen MR) is 78.1 cm³/mol. The van der Waals surface area contributed by atoms with Gasteiger partial charge in [0.15, 0.2) is 5.60 Å². The fourth-order valence-electron chi connectivity index (χ4n) is 3.47. The lowest BCUT2D eigenvalue weighted by atomic mass is 9.76. The topological polar surface area (TPSA) is 173 Å². The van der Waals surface area contributed by atoms with Crippen molar-refractivity contribution < 1.29 is 49.6 Å². The Morgan fingerprint density at radius 1 is 1.08 bits per heavy atom. The molecule has 0 aromatic carbocycles. The number of hydrogen-bond donors (Lipinski definition) is 7. The Balaban J connectivity index is 2.09. The van der Waals surface area contributed by atoms with Crippen LogP contribution in [0.3, 0.4) is 0 Å². The van der Waals surface area contributed by atoms with Crippen molar-refractivity contribution in [2.45, 2.75) is 47.8 Å². The van der Waals surface area contributed by atoms with Gasteiger partial charge in [-0.05, 0) is 12.1 Å². The smallest absolute Gasteiger partial charge is 0.183 e. The van der Waals surface area contributed by atoms with Gasteiger partial charge < -0.3 is 49.6 Å². The number of aliphatic hydroxyl groups is 7. The van der Waals surface area contributed by atoms with E-state index in [0.717, 1.165) is 0 Å². The van der Waals surface area contributed by atoms with Crippen LogP contribution >= 0.6 is 0 Å². The highest BCUT2D eigenvalue weighted by Crippen LogP contribution is 2.47. The van der Waals surface area contributed by atoms with Gasteiger partial charge in [0, 0.05) is 0 Å². The summed E-state index contributed by atoms with van der Waals surface area (Å²) < 4.78 is 16.4. The van der Waals surface area contributed by atoms with Gasteiger partial charge in [-0.1, -0.05) is 0 Å². The highest BCUT2D eigenvalue weighted by atomic mass is 16.6. The van der Waals surface area contributed by atoms with Crippen LogP contribution in [0.1, 0.15) is 5.76 Å². The van der Waals surface area contributed by atoms with Gasteiger partial charge in [-0.25, -0.2) is 0 Å².